The van der Waals surface area contributed by atoms with Crippen LogP contribution in [0, 0.1) is 5.92 Å². The minimum atomic E-state index is 0. The van der Waals surface area contributed by atoms with Crippen LogP contribution in [0.2, 0.25) is 0 Å². The van der Waals surface area contributed by atoms with Gasteiger partial charge in [0.15, 0.2) is 17.5 Å². The van der Waals surface area contributed by atoms with Crippen molar-refractivity contribution < 1.29 is 14.2 Å². The molecule has 0 aromatic heterocycles. The standard InChI is InChI=1S/C23H31N3O3.HI/c1-24-23(25-14-19-9-10-21(27-2)22(13-19)28-3)26-12-11-20(15-26)17-29-16-18-7-5-4-6-8-18;/h4-10,13,20H,11-12,14-17H2,1-3H3,(H,24,25);1H. The van der Waals surface area contributed by atoms with Crippen LogP contribution in [0.5, 0.6) is 11.5 Å². The molecule has 2 aromatic carbocycles. The highest BCUT2D eigenvalue weighted by molar-refractivity contribution is 14.0. The zero-order valence-electron chi connectivity index (χ0n) is 18.0. The Kier molecular flexibility index (Phi) is 10.2. The average molecular weight is 525 g/mol. The minimum Gasteiger partial charge on any atom is -0.493 e. The van der Waals surface area contributed by atoms with Gasteiger partial charge in [-0.15, -0.1) is 24.0 Å². The number of hydrogen-bond acceptors (Lipinski definition) is 4. The SMILES string of the molecule is CN=C(NCc1ccc(OC)c(OC)c1)N1CCC(COCc2ccccc2)C1.I. The fourth-order valence-electron chi connectivity index (χ4n) is 3.58. The van der Waals surface area contributed by atoms with Gasteiger partial charge in [0.2, 0.25) is 0 Å². The number of hydrogen-bond donors (Lipinski definition) is 1. The Balaban J connectivity index is 0.00000320. The summed E-state index contributed by atoms with van der Waals surface area (Å²) in [6.45, 7) is 4.08. The number of ether oxygens (including phenoxy) is 3. The maximum absolute atomic E-state index is 5.93. The van der Waals surface area contributed by atoms with Crippen molar-refractivity contribution in [2.45, 2.75) is 19.6 Å². The molecule has 0 radical (unpaired) electrons. The van der Waals surface area contributed by atoms with Gasteiger partial charge in [-0.1, -0.05) is 36.4 Å². The summed E-state index contributed by atoms with van der Waals surface area (Å²) in [5.74, 6) is 2.92. The van der Waals surface area contributed by atoms with Crippen molar-refractivity contribution in [2.75, 3.05) is 41.0 Å². The first-order valence-corrected chi connectivity index (χ1v) is 10.0. The highest BCUT2D eigenvalue weighted by Crippen LogP contribution is 2.27. The molecule has 0 aliphatic carbocycles. The zero-order valence-corrected chi connectivity index (χ0v) is 20.3. The lowest BCUT2D eigenvalue weighted by Gasteiger charge is -2.22. The normalized spacial score (nSPS) is 16.2. The summed E-state index contributed by atoms with van der Waals surface area (Å²) in [4.78, 5) is 6.76. The molecule has 2 aromatic rings. The second kappa shape index (κ2) is 12.6. The van der Waals surface area contributed by atoms with Crippen LogP contribution in [0.1, 0.15) is 17.5 Å². The number of aliphatic imine (C=N–C) groups is 1. The Morgan fingerprint density at radius 2 is 1.83 bits per heavy atom. The molecule has 1 aliphatic rings. The molecule has 7 heteroatoms. The third-order valence-corrected chi connectivity index (χ3v) is 5.16. The molecule has 0 spiro atoms. The summed E-state index contributed by atoms with van der Waals surface area (Å²) in [5.41, 5.74) is 2.33. The van der Waals surface area contributed by atoms with E-state index in [1.165, 1.54) is 5.56 Å². The molecule has 0 amide bonds. The van der Waals surface area contributed by atoms with Crippen LogP contribution in [0.3, 0.4) is 0 Å². The summed E-state index contributed by atoms with van der Waals surface area (Å²) in [6.07, 6.45) is 1.12. The molecule has 0 bridgehead atoms. The van der Waals surface area contributed by atoms with Crippen LogP contribution >= 0.6 is 24.0 Å². The van der Waals surface area contributed by atoms with Crippen LogP contribution in [-0.2, 0) is 17.9 Å². The monoisotopic (exact) mass is 525 g/mol. The van der Waals surface area contributed by atoms with Gasteiger partial charge in [-0.2, -0.15) is 0 Å². The molecular formula is C23H32IN3O3. The molecule has 164 valence electrons. The quantitative estimate of drug-likeness (QED) is 0.322. The van der Waals surface area contributed by atoms with Crippen molar-refractivity contribution in [2.24, 2.45) is 10.9 Å². The van der Waals surface area contributed by atoms with Gasteiger partial charge < -0.3 is 24.4 Å². The van der Waals surface area contributed by atoms with E-state index in [-0.39, 0.29) is 24.0 Å². The third-order valence-electron chi connectivity index (χ3n) is 5.16. The van der Waals surface area contributed by atoms with Crippen LogP contribution < -0.4 is 14.8 Å². The van der Waals surface area contributed by atoms with E-state index in [1.807, 2.05) is 43.4 Å². The second-order valence-corrected chi connectivity index (χ2v) is 7.19. The molecule has 0 saturated carbocycles. The number of methoxy groups -OCH3 is 2. The van der Waals surface area contributed by atoms with Crippen LogP contribution in [0.15, 0.2) is 53.5 Å². The highest BCUT2D eigenvalue weighted by atomic mass is 127. The molecular weight excluding hydrogens is 493 g/mol. The Bertz CT molecular complexity index is 802. The number of likely N-dealkylation sites (tertiary alicyclic amines) is 1. The van der Waals surface area contributed by atoms with Crippen LogP contribution in [0.4, 0.5) is 0 Å². The minimum absolute atomic E-state index is 0. The van der Waals surface area contributed by atoms with Crippen LogP contribution in [0.25, 0.3) is 0 Å². The van der Waals surface area contributed by atoms with E-state index in [1.54, 1.807) is 14.2 Å². The fourth-order valence-corrected chi connectivity index (χ4v) is 3.58. The number of rotatable bonds is 8. The lowest BCUT2D eigenvalue weighted by Crippen LogP contribution is -2.39. The lowest BCUT2D eigenvalue weighted by molar-refractivity contribution is 0.0906. The zero-order chi connectivity index (χ0) is 20.5. The van der Waals surface area contributed by atoms with E-state index >= 15 is 0 Å². The number of nitrogens with zero attached hydrogens (tertiary/aromatic N) is 2. The number of halogens is 1. The molecule has 1 fully saturated rings. The van der Waals surface area contributed by atoms with Gasteiger partial charge in [-0.25, -0.2) is 0 Å². The molecule has 1 unspecified atom stereocenters. The largest absolute Gasteiger partial charge is 0.493 e. The van der Waals surface area contributed by atoms with Crippen molar-refractivity contribution in [1.82, 2.24) is 10.2 Å². The van der Waals surface area contributed by atoms with Gasteiger partial charge >= 0.3 is 0 Å². The fraction of sp³-hybridized carbons (Fsp3) is 0.435. The first-order chi connectivity index (χ1) is 14.2. The van der Waals surface area contributed by atoms with Gasteiger partial charge in [0.05, 0.1) is 27.4 Å². The highest BCUT2D eigenvalue weighted by Gasteiger charge is 2.25. The van der Waals surface area contributed by atoms with Crippen molar-refractivity contribution >= 4 is 29.9 Å². The molecule has 30 heavy (non-hydrogen) atoms. The Hall–Kier alpha value is -2.00. The van der Waals surface area contributed by atoms with Gasteiger partial charge in [0.1, 0.15) is 0 Å². The van der Waals surface area contributed by atoms with Gasteiger partial charge in [-0.3, -0.25) is 4.99 Å². The number of nitrogens with one attached hydrogen (secondary N) is 1. The van der Waals surface area contributed by atoms with E-state index in [0.29, 0.717) is 19.1 Å². The van der Waals surface area contributed by atoms with Gasteiger partial charge in [-0.05, 0) is 29.7 Å². The topological polar surface area (TPSA) is 55.3 Å². The van der Waals surface area contributed by atoms with E-state index in [4.69, 9.17) is 14.2 Å². The van der Waals surface area contributed by atoms with Crippen LogP contribution in [-0.4, -0.2) is 51.8 Å². The predicted molar refractivity (Wildman–Crippen MR) is 131 cm³/mol. The molecule has 1 atom stereocenters. The second-order valence-electron chi connectivity index (χ2n) is 7.19. The number of benzene rings is 2. The van der Waals surface area contributed by atoms with E-state index in [2.05, 4.69) is 27.3 Å². The Morgan fingerprint density at radius 1 is 1.07 bits per heavy atom. The summed E-state index contributed by atoms with van der Waals surface area (Å²) < 4.78 is 16.6. The Morgan fingerprint density at radius 3 is 2.53 bits per heavy atom. The van der Waals surface area contributed by atoms with Crippen molar-refractivity contribution in [1.29, 1.82) is 0 Å². The van der Waals surface area contributed by atoms with Crippen molar-refractivity contribution in [3.05, 3.63) is 59.7 Å². The molecule has 1 aliphatic heterocycles. The van der Waals surface area contributed by atoms with Crippen molar-refractivity contribution in [3.63, 3.8) is 0 Å². The first-order valence-electron chi connectivity index (χ1n) is 10.0. The number of guanidine groups is 1. The molecule has 1 saturated heterocycles. The maximum atomic E-state index is 5.93. The van der Waals surface area contributed by atoms with E-state index < -0.39 is 0 Å². The molecule has 1 N–H and O–H groups in total. The average Bonchev–Trinajstić information content (AvgIpc) is 3.23. The maximum Gasteiger partial charge on any atom is 0.193 e. The van der Waals surface area contributed by atoms with Gasteiger partial charge in [0.25, 0.3) is 0 Å². The summed E-state index contributed by atoms with van der Waals surface area (Å²) in [6, 6.07) is 16.3. The van der Waals surface area contributed by atoms with Crippen molar-refractivity contribution in [3.8, 4) is 11.5 Å². The summed E-state index contributed by atoms with van der Waals surface area (Å²) in [5, 5.41) is 3.46. The first kappa shape index (κ1) is 24.3. The Labute approximate surface area is 196 Å². The third kappa shape index (κ3) is 6.77. The van der Waals surface area contributed by atoms with Gasteiger partial charge in [0, 0.05) is 32.6 Å². The molecule has 6 nitrogen and oxygen atoms in total. The predicted octanol–water partition coefficient (Wildman–Crippen LogP) is 3.94. The summed E-state index contributed by atoms with van der Waals surface area (Å²) >= 11 is 0. The smallest absolute Gasteiger partial charge is 0.193 e. The summed E-state index contributed by atoms with van der Waals surface area (Å²) in [7, 11) is 5.12. The molecule has 1 heterocycles. The van der Waals surface area contributed by atoms with E-state index in [9.17, 15) is 0 Å². The lowest BCUT2D eigenvalue weighted by atomic mass is 10.1. The molecule has 3 rings (SSSR count). The van der Waals surface area contributed by atoms with E-state index in [0.717, 1.165) is 49.1 Å².